The zero-order chi connectivity index (χ0) is 14.8. The number of pyridine rings is 1. The van der Waals surface area contributed by atoms with E-state index in [9.17, 15) is 9.18 Å². The minimum Gasteiger partial charge on any atom is -0.378 e. The molecule has 0 aliphatic carbocycles. The largest absolute Gasteiger partial charge is 0.378 e. The first kappa shape index (κ1) is 13.9. The second-order valence-electron chi connectivity index (χ2n) is 4.85. The normalized spacial score (nSPS) is 15.0. The van der Waals surface area contributed by atoms with Crippen LogP contribution in [0.1, 0.15) is 18.5 Å². The number of amides is 1. The number of nitrogens with zero attached hydrogens (tertiary/aromatic N) is 1. The lowest BCUT2D eigenvalue weighted by atomic mass is 10.1. The molecule has 1 aromatic carbocycles. The number of halogens is 1. The van der Waals surface area contributed by atoms with E-state index in [-0.39, 0.29) is 17.8 Å². The lowest BCUT2D eigenvalue weighted by molar-refractivity contribution is -0.113. The summed E-state index contributed by atoms with van der Waals surface area (Å²) in [5.74, 6) is 0.104. The molecule has 1 unspecified atom stereocenters. The first-order valence-electron chi connectivity index (χ1n) is 6.55. The van der Waals surface area contributed by atoms with Gasteiger partial charge in [0.25, 0.3) is 0 Å². The zero-order valence-electron chi connectivity index (χ0n) is 11.4. The summed E-state index contributed by atoms with van der Waals surface area (Å²) in [6.45, 7) is 1.93. The third kappa shape index (κ3) is 3.16. The number of carbonyl (C=O) groups is 1. The molecule has 2 N–H and O–H groups in total. The molecule has 0 bridgehead atoms. The van der Waals surface area contributed by atoms with Crippen molar-refractivity contribution >= 4 is 29.0 Å². The summed E-state index contributed by atoms with van der Waals surface area (Å²) < 4.78 is 13.2. The van der Waals surface area contributed by atoms with Gasteiger partial charge in [-0.15, -0.1) is 11.8 Å². The van der Waals surface area contributed by atoms with Crippen LogP contribution in [0.3, 0.4) is 0 Å². The zero-order valence-corrected chi connectivity index (χ0v) is 12.2. The number of anilines is 2. The van der Waals surface area contributed by atoms with E-state index in [4.69, 9.17) is 0 Å². The predicted octanol–water partition coefficient (Wildman–Crippen LogP) is 3.44. The first-order valence-corrected chi connectivity index (χ1v) is 7.54. The topological polar surface area (TPSA) is 54.0 Å². The van der Waals surface area contributed by atoms with Crippen LogP contribution in [0.2, 0.25) is 0 Å². The molecule has 2 aromatic rings. The third-order valence-corrected chi connectivity index (χ3v) is 4.30. The standard InChI is InChI=1S/C15H14FN3OS/c1-9(10-4-11(16)7-17-6-10)18-12-2-3-14-13(5-12)19-15(20)8-21-14/h2-7,9,18H,8H2,1H3,(H,19,20). The number of aromatic nitrogens is 1. The molecule has 0 spiro atoms. The number of hydrogen-bond donors (Lipinski definition) is 2. The van der Waals surface area contributed by atoms with Crippen molar-refractivity contribution in [2.75, 3.05) is 16.4 Å². The fourth-order valence-corrected chi connectivity index (χ4v) is 2.96. The highest BCUT2D eigenvalue weighted by Gasteiger charge is 2.16. The summed E-state index contributed by atoms with van der Waals surface area (Å²) in [6.07, 6.45) is 2.82. The Morgan fingerprint density at radius 2 is 2.24 bits per heavy atom. The Morgan fingerprint density at radius 3 is 3.05 bits per heavy atom. The maximum absolute atomic E-state index is 13.2. The Hall–Kier alpha value is -2.08. The fraction of sp³-hybridized carbons (Fsp3) is 0.200. The number of nitrogens with one attached hydrogen (secondary N) is 2. The van der Waals surface area contributed by atoms with Crippen molar-refractivity contribution in [1.82, 2.24) is 4.98 Å². The Bertz CT molecular complexity index is 692. The van der Waals surface area contributed by atoms with E-state index < -0.39 is 0 Å². The average Bonchev–Trinajstić information content (AvgIpc) is 2.46. The van der Waals surface area contributed by atoms with E-state index in [2.05, 4.69) is 15.6 Å². The minimum atomic E-state index is -0.352. The van der Waals surface area contributed by atoms with Gasteiger partial charge in [-0.1, -0.05) is 0 Å². The molecule has 6 heteroatoms. The van der Waals surface area contributed by atoms with Crippen molar-refractivity contribution in [3.8, 4) is 0 Å². The molecule has 108 valence electrons. The van der Waals surface area contributed by atoms with Gasteiger partial charge in [-0.25, -0.2) is 4.39 Å². The number of fused-ring (bicyclic) bond motifs is 1. The van der Waals surface area contributed by atoms with Gasteiger partial charge in [-0.2, -0.15) is 0 Å². The van der Waals surface area contributed by atoms with E-state index >= 15 is 0 Å². The van der Waals surface area contributed by atoms with Gasteiger partial charge >= 0.3 is 0 Å². The number of benzene rings is 1. The highest BCUT2D eigenvalue weighted by Crippen LogP contribution is 2.34. The van der Waals surface area contributed by atoms with Crippen LogP contribution in [0.15, 0.2) is 41.6 Å². The van der Waals surface area contributed by atoms with Gasteiger partial charge in [0.15, 0.2) is 0 Å². The van der Waals surface area contributed by atoms with Crippen molar-refractivity contribution in [2.45, 2.75) is 17.9 Å². The summed E-state index contributed by atoms with van der Waals surface area (Å²) in [7, 11) is 0. The SMILES string of the molecule is CC(Nc1ccc2c(c1)NC(=O)CS2)c1cncc(F)c1. The highest BCUT2D eigenvalue weighted by molar-refractivity contribution is 8.00. The Balaban J connectivity index is 1.79. The van der Waals surface area contributed by atoms with Gasteiger partial charge in [-0.05, 0) is 36.8 Å². The maximum Gasteiger partial charge on any atom is 0.234 e. The van der Waals surface area contributed by atoms with Gasteiger partial charge < -0.3 is 10.6 Å². The summed E-state index contributed by atoms with van der Waals surface area (Å²) in [4.78, 5) is 16.3. The molecule has 3 rings (SSSR count). The summed E-state index contributed by atoms with van der Waals surface area (Å²) >= 11 is 1.52. The maximum atomic E-state index is 13.2. The Labute approximate surface area is 126 Å². The third-order valence-electron chi connectivity index (χ3n) is 3.22. The van der Waals surface area contributed by atoms with Gasteiger partial charge in [0.05, 0.1) is 23.7 Å². The smallest absolute Gasteiger partial charge is 0.234 e. The average molecular weight is 303 g/mol. The quantitative estimate of drug-likeness (QED) is 0.912. The molecule has 1 aliphatic rings. The first-order chi connectivity index (χ1) is 10.1. The fourth-order valence-electron chi connectivity index (χ4n) is 2.17. The van der Waals surface area contributed by atoms with Crippen LogP contribution in [-0.2, 0) is 4.79 Å². The molecular weight excluding hydrogens is 289 g/mol. The Morgan fingerprint density at radius 1 is 1.38 bits per heavy atom. The van der Waals surface area contributed by atoms with Crippen molar-refractivity contribution < 1.29 is 9.18 Å². The monoisotopic (exact) mass is 303 g/mol. The van der Waals surface area contributed by atoms with E-state index in [1.54, 1.807) is 6.20 Å². The number of carbonyl (C=O) groups excluding carboxylic acids is 1. The van der Waals surface area contributed by atoms with E-state index in [0.717, 1.165) is 21.8 Å². The number of rotatable bonds is 3. The molecule has 0 radical (unpaired) electrons. The molecule has 0 fully saturated rings. The lowest BCUT2D eigenvalue weighted by Gasteiger charge is -2.20. The van der Waals surface area contributed by atoms with E-state index in [1.165, 1.54) is 24.0 Å². The van der Waals surface area contributed by atoms with Crippen LogP contribution in [0.4, 0.5) is 15.8 Å². The van der Waals surface area contributed by atoms with Gasteiger partial charge in [0.1, 0.15) is 5.82 Å². The van der Waals surface area contributed by atoms with Gasteiger partial charge in [-0.3, -0.25) is 9.78 Å². The van der Waals surface area contributed by atoms with Crippen LogP contribution in [0.25, 0.3) is 0 Å². The summed E-state index contributed by atoms with van der Waals surface area (Å²) in [5.41, 5.74) is 2.45. The van der Waals surface area contributed by atoms with Crippen LogP contribution in [0, 0.1) is 5.82 Å². The highest BCUT2D eigenvalue weighted by atomic mass is 32.2. The molecule has 1 amide bonds. The second-order valence-corrected chi connectivity index (χ2v) is 5.87. The molecule has 2 heterocycles. The van der Waals surface area contributed by atoms with E-state index in [1.807, 2.05) is 25.1 Å². The molecular formula is C15H14FN3OS. The summed E-state index contributed by atoms with van der Waals surface area (Å²) in [6, 6.07) is 7.19. The molecule has 1 aromatic heterocycles. The van der Waals surface area contributed by atoms with Gasteiger partial charge in [0.2, 0.25) is 5.91 Å². The molecule has 0 saturated heterocycles. The van der Waals surface area contributed by atoms with Crippen LogP contribution < -0.4 is 10.6 Å². The van der Waals surface area contributed by atoms with Crippen molar-refractivity contribution in [3.05, 3.63) is 48.0 Å². The minimum absolute atomic E-state index is 0.00651. The van der Waals surface area contributed by atoms with E-state index in [0.29, 0.717) is 5.75 Å². The molecule has 0 saturated carbocycles. The second kappa shape index (κ2) is 5.73. The van der Waals surface area contributed by atoms with Crippen molar-refractivity contribution in [1.29, 1.82) is 0 Å². The predicted molar refractivity (Wildman–Crippen MR) is 82.0 cm³/mol. The van der Waals surface area contributed by atoms with Crippen LogP contribution >= 0.6 is 11.8 Å². The van der Waals surface area contributed by atoms with Crippen LogP contribution in [0.5, 0.6) is 0 Å². The number of thioether (sulfide) groups is 1. The lowest BCUT2D eigenvalue weighted by Crippen LogP contribution is -2.18. The Kier molecular flexibility index (Phi) is 3.79. The van der Waals surface area contributed by atoms with Crippen LogP contribution in [-0.4, -0.2) is 16.6 Å². The number of hydrogen-bond acceptors (Lipinski definition) is 4. The molecule has 1 aliphatic heterocycles. The molecule has 1 atom stereocenters. The van der Waals surface area contributed by atoms with Crippen molar-refractivity contribution in [2.24, 2.45) is 0 Å². The van der Waals surface area contributed by atoms with Gasteiger partial charge in [0, 0.05) is 16.8 Å². The molecule has 21 heavy (non-hydrogen) atoms. The summed E-state index contributed by atoms with van der Waals surface area (Å²) in [5, 5.41) is 6.13. The molecule has 4 nitrogen and oxygen atoms in total. The van der Waals surface area contributed by atoms with Crippen molar-refractivity contribution in [3.63, 3.8) is 0 Å².